The number of rotatable bonds is 5. The first-order valence-electron chi connectivity index (χ1n) is 5.81. The van der Waals surface area contributed by atoms with E-state index in [-0.39, 0.29) is 6.10 Å². The molecule has 0 amide bonds. The highest BCUT2D eigenvalue weighted by Crippen LogP contribution is 2.26. The summed E-state index contributed by atoms with van der Waals surface area (Å²) in [6.07, 6.45) is 2.13. The summed E-state index contributed by atoms with van der Waals surface area (Å²) in [4.78, 5) is 4.45. The Morgan fingerprint density at radius 3 is 2.69 bits per heavy atom. The number of aliphatic imine (C=N–C) groups is 1. The molecule has 2 rings (SSSR count). The summed E-state index contributed by atoms with van der Waals surface area (Å²) in [6.45, 7) is 2.61. The van der Waals surface area contributed by atoms with Gasteiger partial charge in [0.05, 0.1) is 6.04 Å². The number of nitrogens with two attached hydrogens (primary N) is 1. The number of hydrogen-bond acceptors (Lipinski definition) is 2. The van der Waals surface area contributed by atoms with Gasteiger partial charge in [-0.1, -0.05) is 30.3 Å². The third kappa shape index (κ3) is 2.83. The van der Waals surface area contributed by atoms with Crippen molar-refractivity contribution in [2.45, 2.75) is 31.9 Å². The van der Waals surface area contributed by atoms with E-state index in [9.17, 15) is 0 Å². The lowest BCUT2D eigenvalue weighted by Crippen LogP contribution is -2.25. The summed E-state index contributed by atoms with van der Waals surface area (Å²) < 4.78 is 5.66. The fourth-order valence-corrected chi connectivity index (χ4v) is 1.63. The highest BCUT2D eigenvalue weighted by molar-refractivity contribution is 5.86. The second-order valence-corrected chi connectivity index (χ2v) is 4.03. The van der Waals surface area contributed by atoms with Crippen molar-refractivity contribution in [3.8, 4) is 0 Å². The van der Waals surface area contributed by atoms with Gasteiger partial charge in [-0.25, -0.2) is 0 Å². The van der Waals surface area contributed by atoms with Crippen molar-refractivity contribution in [1.82, 2.24) is 0 Å². The van der Waals surface area contributed by atoms with Crippen LogP contribution in [-0.2, 0) is 4.74 Å². The van der Waals surface area contributed by atoms with Gasteiger partial charge in [-0.15, -0.1) is 0 Å². The first-order valence-corrected chi connectivity index (χ1v) is 5.81. The highest BCUT2D eigenvalue weighted by atomic mass is 16.5. The number of nitrogens with zero attached hydrogens (tertiary/aromatic N) is 1. The van der Waals surface area contributed by atoms with E-state index in [1.54, 1.807) is 0 Å². The van der Waals surface area contributed by atoms with Crippen LogP contribution >= 0.6 is 0 Å². The minimum Gasteiger partial charge on any atom is -0.385 e. The fourth-order valence-electron chi connectivity index (χ4n) is 1.63. The van der Waals surface area contributed by atoms with Crippen LogP contribution in [0.15, 0.2) is 35.3 Å². The zero-order valence-electron chi connectivity index (χ0n) is 9.60. The van der Waals surface area contributed by atoms with Crippen molar-refractivity contribution < 1.29 is 4.74 Å². The lowest BCUT2D eigenvalue weighted by atomic mass is 10.1. The van der Waals surface area contributed by atoms with Gasteiger partial charge in [0.2, 0.25) is 0 Å². The van der Waals surface area contributed by atoms with E-state index in [0.717, 1.165) is 18.4 Å². The smallest absolute Gasteiger partial charge is 0.139 e. The Bertz CT molecular complexity index is 357. The molecule has 1 fully saturated rings. The summed E-state index contributed by atoms with van der Waals surface area (Å²) in [7, 11) is 0. The van der Waals surface area contributed by atoms with E-state index in [2.05, 4.69) is 4.99 Å². The van der Waals surface area contributed by atoms with Gasteiger partial charge in [-0.3, -0.25) is 4.99 Å². The van der Waals surface area contributed by atoms with Gasteiger partial charge in [-0.2, -0.15) is 0 Å². The topological polar surface area (TPSA) is 47.6 Å². The molecule has 1 aromatic rings. The van der Waals surface area contributed by atoms with Crippen LogP contribution in [0.1, 0.15) is 31.4 Å². The molecule has 1 saturated carbocycles. The predicted octanol–water partition coefficient (Wildman–Crippen LogP) is 2.28. The average Bonchev–Trinajstić information content (AvgIpc) is 3.11. The molecule has 0 bridgehead atoms. The molecule has 16 heavy (non-hydrogen) atoms. The molecule has 3 nitrogen and oxygen atoms in total. The second-order valence-electron chi connectivity index (χ2n) is 4.03. The molecule has 1 atom stereocenters. The predicted molar refractivity (Wildman–Crippen MR) is 65.5 cm³/mol. The summed E-state index contributed by atoms with van der Waals surface area (Å²) in [5, 5.41) is 0. The largest absolute Gasteiger partial charge is 0.385 e. The van der Waals surface area contributed by atoms with Gasteiger partial charge in [-0.05, 0) is 25.3 Å². The fraction of sp³-hybridized carbons (Fsp3) is 0.462. The third-order valence-corrected chi connectivity index (χ3v) is 2.58. The Labute approximate surface area is 96.3 Å². The molecular formula is C13H18N2O. The van der Waals surface area contributed by atoms with Crippen molar-refractivity contribution in [2.24, 2.45) is 10.7 Å². The van der Waals surface area contributed by atoms with Gasteiger partial charge in [0.25, 0.3) is 0 Å². The minimum atomic E-state index is -0.188. The van der Waals surface area contributed by atoms with E-state index in [1.807, 2.05) is 37.3 Å². The van der Waals surface area contributed by atoms with Crippen molar-refractivity contribution in [3.05, 3.63) is 35.9 Å². The van der Waals surface area contributed by atoms with Crippen molar-refractivity contribution in [3.63, 3.8) is 0 Å². The molecule has 0 spiro atoms. The van der Waals surface area contributed by atoms with Gasteiger partial charge in [0.1, 0.15) is 11.9 Å². The SMILES string of the molecule is CCOC(C(N)=NC1CC1)c1ccccc1. The summed E-state index contributed by atoms with van der Waals surface area (Å²) in [6, 6.07) is 10.5. The van der Waals surface area contributed by atoms with Crippen molar-refractivity contribution in [2.75, 3.05) is 6.61 Å². The van der Waals surface area contributed by atoms with Crippen LogP contribution in [0.5, 0.6) is 0 Å². The van der Waals surface area contributed by atoms with Crippen LogP contribution < -0.4 is 5.73 Å². The molecule has 1 aromatic carbocycles. The third-order valence-electron chi connectivity index (χ3n) is 2.58. The Balaban J connectivity index is 2.15. The Hall–Kier alpha value is -1.35. The van der Waals surface area contributed by atoms with Crippen molar-refractivity contribution >= 4 is 5.84 Å². The quantitative estimate of drug-likeness (QED) is 0.609. The van der Waals surface area contributed by atoms with E-state index in [0.29, 0.717) is 18.5 Å². The Morgan fingerprint density at radius 2 is 2.12 bits per heavy atom. The molecule has 0 aliphatic heterocycles. The van der Waals surface area contributed by atoms with Crippen LogP contribution in [0.2, 0.25) is 0 Å². The molecule has 2 N–H and O–H groups in total. The van der Waals surface area contributed by atoms with Crippen LogP contribution in [0.4, 0.5) is 0 Å². The van der Waals surface area contributed by atoms with Gasteiger partial charge < -0.3 is 10.5 Å². The first-order chi connectivity index (χ1) is 7.81. The Kier molecular flexibility index (Phi) is 3.57. The number of hydrogen-bond donors (Lipinski definition) is 1. The molecule has 0 heterocycles. The maximum Gasteiger partial charge on any atom is 0.139 e. The number of ether oxygens (including phenoxy) is 1. The van der Waals surface area contributed by atoms with Crippen molar-refractivity contribution in [1.29, 1.82) is 0 Å². The molecular weight excluding hydrogens is 200 g/mol. The van der Waals surface area contributed by atoms with Crippen LogP contribution in [-0.4, -0.2) is 18.5 Å². The lowest BCUT2D eigenvalue weighted by Gasteiger charge is -2.16. The molecule has 1 aliphatic rings. The van der Waals surface area contributed by atoms with E-state index in [1.165, 1.54) is 0 Å². The van der Waals surface area contributed by atoms with Gasteiger partial charge in [0.15, 0.2) is 0 Å². The maximum atomic E-state index is 6.00. The van der Waals surface area contributed by atoms with E-state index < -0.39 is 0 Å². The highest BCUT2D eigenvalue weighted by Gasteiger charge is 2.23. The summed E-state index contributed by atoms with van der Waals surface area (Å²) in [5.74, 6) is 0.607. The molecule has 0 aromatic heterocycles. The van der Waals surface area contributed by atoms with Gasteiger partial charge in [0, 0.05) is 6.61 Å². The molecule has 1 unspecified atom stereocenters. The van der Waals surface area contributed by atoms with Crippen LogP contribution in [0.25, 0.3) is 0 Å². The lowest BCUT2D eigenvalue weighted by molar-refractivity contribution is 0.109. The molecule has 86 valence electrons. The molecule has 3 heteroatoms. The zero-order chi connectivity index (χ0) is 11.4. The summed E-state index contributed by atoms with van der Waals surface area (Å²) in [5.41, 5.74) is 7.08. The number of amidine groups is 1. The summed E-state index contributed by atoms with van der Waals surface area (Å²) >= 11 is 0. The minimum absolute atomic E-state index is 0.188. The standard InChI is InChI=1S/C13H18N2O/c1-2-16-12(10-6-4-3-5-7-10)13(14)15-11-8-9-11/h3-7,11-12H,2,8-9H2,1H3,(H2,14,15). The normalized spacial score (nSPS) is 18.4. The monoisotopic (exact) mass is 218 g/mol. The zero-order valence-corrected chi connectivity index (χ0v) is 9.60. The molecule has 0 saturated heterocycles. The first kappa shape index (κ1) is 11.1. The average molecular weight is 218 g/mol. The molecule has 0 radical (unpaired) electrons. The molecule has 1 aliphatic carbocycles. The Morgan fingerprint density at radius 1 is 1.44 bits per heavy atom. The maximum absolute atomic E-state index is 6.00. The van der Waals surface area contributed by atoms with Crippen LogP contribution in [0.3, 0.4) is 0 Å². The van der Waals surface area contributed by atoms with E-state index in [4.69, 9.17) is 10.5 Å². The second kappa shape index (κ2) is 5.12. The van der Waals surface area contributed by atoms with E-state index >= 15 is 0 Å². The van der Waals surface area contributed by atoms with Gasteiger partial charge >= 0.3 is 0 Å². The number of benzene rings is 1. The van der Waals surface area contributed by atoms with Crippen LogP contribution in [0, 0.1) is 0 Å².